The van der Waals surface area contributed by atoms with Gasteiger partial charge in [-0.1, -0.05) is 19.9 Å². The molecule has 0 saturated heterocycles. The van der Waals surface area contributed by atoms with Gasteiger partial charge in [-0.05, 0) is 37.6 Å². The van der Waals surface area contributed by atoms with Gasteiger partial charge in [0.1, 0.15) is 0 Å². The summed E-state index contributed by atoms with van der Waals surface area (Å²) in [5.41, 5.74) is 1.09. The number of aryl methyl sites for hydroxylation is 1. The van der Waals surface area contributed by atoms with Gasteiger partial charge in [-0.2, -0.15) is 0 Å². The summed E-state index contributed by atoms with van der Waals surface area (Å²) in [7, 11) is 0. The third kappa shape index (κ3) is 5.63. The summed E-state index contributed by atoms with van der Waals surface area (Å²) in [5, 5.41) is 16.6. The number of nitro benzene ring substituents is 1. The summed E-state index contributed by atoms with van der Waals surface area (Å²) < 4.78 is 4.87. The van der Waals surface area contributed by atoms with Gasteiger partial charge in [0.2, 0.25) is 5.91 Å². The quantitative estimate of drug-likeness (QED) is 0.402. The molecular formula is C21H23N3O6. The van der Waals surface area contributed by atoms with Crippen LogP contribution in [0.3, 0.4) is 0 Å². The number of esters is 1. The van der Waals surface area contributed by atoms with Crippen molar-refractivity contribution < 1.29 is 24.0 Å². The van der Waals surface area contributed by atoms with Crippen LogP contribution in [0.1, 0.15) is 47.1 Å². The molecule has 0 fully saturated rings. The van der Waals surface area contributed by atoms with E-state index in [1.54, 1.807) is 45.9 Å². The van der Waals surface area contributed by atoms with Crippen LogP contribution in [0, 0.1) is 23.0 Å². The highest BCUT2D eigenvalue weighted by Crippen LogP contribution is 2.23. The normalized spacial score (nSPS) is 10.4. The van der Waals surface area contributed by atoms with Crippen molar-refractivity contribution in [2.75, 3.05) is 17.2 Å². The number of nitrogens with one attached hydrogen (secondary N) is 2. The number of anilines is 2. The SMILES string of the molecule is CCOC(=O)c1cc(C(=O)Nc2cc(NC(=O)C(C)C)ccc2C)cc([N+](=O)[O-])c1. The number of carbonyl (C=O) groups is 3. The average Bonchev–Trinajstić information content (AvgIpc) is 2.70. The van der Waals surface area contributed by atoms with Crippen molar-refractivity contribution in [2.24, 2.45) is 5.92 Å². The molecule has 2 rings (SSSR count). The van der Waals surface area contributed by atoms with Crippen LogP contribution in [0.15, 0.2) is 36.4 Å². The molecule has 0 unspecified atom stereocenters. The van der Waals surface area contributed by atoms with Crippen LogP contribution in [0.4, 0.5) is 17.1 Å². The Morgan fingerprint density at radius 1 is 1.07 bits per heavy atom. The molecule has 0 aliphatic heterocycles. The second kappa shape index (κ2) is 9.64. The first-order valence-electron chi connectivity index (χ1n) is 9.31. The maximum atomic E-state index is 12.7. The minimum atomic E-state index is -0.759. The molecule has 2 aromatic rings. The maximum Gasteiger partial charge on any atom is 0.338 e. The fraction of sp³-hybridized carbons (Fsp3) is 0.286. The molecular weight excluding hydrogens is 390 g/mol. The maximum absolute atomic E-state index is 12.7. The van der Waals surface area contributed by atoms with Gasteiger partial charge in [0.25, 0.3) is 11.6 Å². The van der Waals surface area contributed by atoms with Gasteiger partial charge in [-0.15, -0.1) is 0 Å². The number of benzene rings is 2. The molecule has 0 radical (unpaired) electrons. The van der Waals surface area contributed by atoms with E-state index in [0.717, 1.165) is 17.7 Å². The molecule has 2 aromatic carbocycles. The molecule has 0 aromatic heterocycles. The van der Waals surface area contributed by atoms with Gasteiger partial charge in [0, 0.05) is 35.0 Å². The van der Waals surface area contributed by atoms with Crippen LogP contribution in [0.5, 0.6) is 0 Å². The molecule has 0 aliphatic rings. The number of nitrogens with zero attached hydrogens (tertiary/aromatic N) is 1. The summed E-state index contributed by atoms with van der Waals surface area (Å²) >= 11 is 0. The summed E-state index contributed by atoms with van der Waals surface area (Å²) in [5.74, 6) is -1.78. The Morgan fingerprint density at radius 2 is 1.73 bits per heavy atom. The fourth-order valence-electron chi connectivity index (χ4n) is 2.50. The summed E-state index contributed by atoms with van der Waals surface area (Å²) in [6.07, 6.45) is 0. The number of hydrogen-bond acceptors (Lipinski definition) is 6. The Labute approximate surface area is 173 Å². The van der Waals surface area contributed by atoms with E-state index in [9.17, 15) is 24.5 Å². The second-order valence-electron chi connectivity index (χ2n) is 6.87. The molecule has 0 bridgehead atoms. The third-order valence-electron chi connectivity index (χ3n) is 4.18. The van der Waals surface area contributed by atoms with Crippen molar-refractivity contribution in [2.45, 2.75) is 27.7 Å². The minimum Gasteiger partial charge on any atom is -0.462 e. The Morgan fingerprint density at radius 3 is 2.33 bits per heavy atom. The topological polar surface area (TPSA) is 128 Å². The lowest BCUT2D eigenvalue weighted by atomic mass is 10.1. The smallest absolute Gasteiger partial charge is 0.338 e. The largest absolute Gasteiger partial charge is 0.462 e. The van der Waals surface area contributed by atoms with E-state index in [1.165, 1.54) is 6.07 Å². The number of hydrogen-bond donors (Lipinski definition) is 2. The zero-order valence-corrected chi connectivity index (χ0v) is 17.1. The van der Waals surface area contributed by atoms with Crippen molar-refractivity contribution in [3.05, 3.63) is 63.2 Å². The van der Waals surface area contributed by atoms with Crippen molar-refractivity contribution in [1.82, 2.24) is 0 Å². The molecule has 30 heavy (non-hydrogen) atoms. The Balaban J connectivity index is 2.34. The predicted molar refractivity (Wildman–Crippen MR) is 112 cm³/mol. The van der Waals surface area contributed by atoms with Gasteiger partial charge in [0.15, 0.2) is 0 Å². The summed E-state index contributed by atoms with van der Waals surface area (Å²) in [6, 6.07) is 8.40. The highest BCUT2D eigenvalue weighted by atomic mass is 16.6. The molecule has 0 spiro atoms. The average molecular weight is 413 g/mol. The molecule has 0 atom stereocenters. The zero-order valence-electron chi connectivity index (χ0n) is 17.1. The van der Waals surface area contributed by atoms with Crippen molar-refractivity contribution in [3.63, 3.8) is 0 Å². The number of carbonyl (C=O) groups excluding carboxylic acids is 3. The van der Waals surface area contributed by atoms with Gasteiger partial charge >= 0.3 is 5.97 Å². The van der Waals surface area contributed by atoms with E-state index in [-0.39, 0.29) is 29.6 Å². The van der Waals surface area contributed by atoms with Crippen LogP contribution in [0.25, 0.3) is 0 Å². The number of nitro groups is 1. The predicted octanol–water partition coefficient (Wildman–Crippen LogP) is 3.93. The van der Waals surface area contributed by atoms with E-state index in [0.29, 0.717) is 11.4 Å². The van der Waals surface area contributed by atoms with E-state index in [4.69, 9.17) is 4.74 Å². The van der Waals surface area contributed by atoms with E-state index in [1.807, 2.05) is 0 Å². The van der Waals surface area contributed by atoms with Gasteiger partial charge < -0.3 is 15.4 Å². The Bertz CT molecular complexity index is 1000. The molecule has 9 heteroatoms. The lowest BCUT2D eigenvalue weighted by molar-refractivity contribution is -0.384. The van der Waals surface area contributed by atoms with Crippen molar-refractivity contribution >= 4 is 34.8 Å². The highest BCUT2D eigenvalue weighted by Gasteiger charge is 2.19. The fourth-order valence-corrected chi connectivity index (χ4v) is 2.50. The number of ether oxygens (including phenoxy) is 1. The second-order valence-corrected chi connectivity index (χ2v) is 6.87. The molecule has 2 amide bonds. The van der Waals surface area contributed by atoms with E-state index in [2.05, 4.69) is 10.6 Å². The minimum absolute atomic E-state index is 0.0664. The molecule has 0 heterocycles. The Hall–Kier alpha value is -3.75. The van der Waals surface area contributed by atoms with Crippen LogP contribution in [-0.2, 0) is 9.53 Å². The monoisotopic (exact) mass is 413 g/mol. The molecule has 158 valence electrons. The number of non-ortho nitro benzene ring substituents is 1. The van der Waals surface area contributed by atoms with Gasteiger partial charge in [-0.3, -0.25) is 19.7 Å². The van der Waals surface area contributed by atoms with Gasteiger partial charge in [0.05, 0.1) is 17.1 Å². The lowest BCUT2D eigenvalue weighted by Gasteiger charge is -2.13. The van der Waals surface area contributed by atoms with Crippen molar-refractivity contribution in [1.29, 1.82) is 0 Å². The molecule has 0 aliphatic carbocycles. The lowest BCUT2D eigenvalue weighted by Crippen LogP contribution is -2.18. The van der Waals surface area contributed by atoms with Crippen LogP contribution in [-0.4, -0.2) is 29.3 Å². The third-order valence-corrected chi connectivity index (χ3v) is 4.18. The zero-order chi connectivity index (χ0) is 22.4. The first-order valence-corrected chi connectivity index (χ1v) is 9.31. The number of amides is 2. The molecule has 9 nitrogen and oxygen atoms in total. The highest BCUT2D eigenvalue weighted by molar-refractivity contribution is 6.07. The van der Waals surface area contributed by atoms with Crippen LogP contribution < -0.4 is 10.6 Å². The molecule has 0 saturated carbocycles. The summed E-state index contributed by atoms with van der Waals surface area (Å²) in [6.45, 7) is 6.99. The van der Waals surface area contributed by atoms with Crippen LogP contribution >= 0.6 is 0 Å². The summed E-state index contributed by atoms with van der Waals surface area (Å²) in [4.78, 5) is 47.2. The van der Waals surface area contributed by atoms with E-state index < -0.39 is 22.5 Å². The first kappa shape index (κ1) is 22.5. The van der Waals surface area contributed by atoms with Gasteiger partial charge in [-0.25, -0.2) is 4.79 Å². The number of rotatable bonds is 7. The first-order chi connectivity index (χ1) is 14.1. The van der Waals surface area contributed by atoms with E-state index >= 15 is 0 Å². The molecule has 2 N–H and O–H groups in total. The van der Waals surface area contributed by atoms with Crippen molar-refractivity contribution in [3.8, 4) is 0 Å². The Kier molecular flexibility index (Phi) is 7.24. The standard InChI is InChI=1S/C21H23N3O6/c1-5-30-21(27)15-8-14(9-17(10-15)24(28)29)20(26)23-18-11-16(7-6-13(18)4)22-19(25)12(2)3/h6-12H,5H2,1-4H3,(H,22,25)(H,23,26). The van der Waals surface area contributed by atoms with Crippen LogP contribution in [0.2, 0.25) is 0 Å².